The van der Waals surface area contributed by atoms with Gasteiger partial charge >= 0.3 is 0 Å². The summed E-state index contributed by atoms with van der Waals surface area (Å²) in [7, 11) is 0. The van der Waals surface area contributed by atoms with E-state index in [0.29, 0.717) is 12.5 Å². The molecule has 0 saturated carbocycles. The van der Waals surface area contributed by atoms with Crippen molar-refractivity contribution in [2.45, 2.75) is 47.0 Å². The predicted octanol–water partition coefficient (Wildman–Crippen LogP) is 4.81. The van der Waals surface area contributed by atoms with E-state index < -0.39 is 0 Å². The molecule has 2 rings (SSSR count). The molecule has 0 saturated heterocycles. The van der Waals surface area contributed by atoms with Crippen LogP contribution in [0.5, 0.6) is 0 Å². The van der Waals surface area contributed by atoms with Crippen LogP contribution in [0, 0.1) is 13.8 Å². The van der Waals surface area contributed by atoms with Gasteiger partial charge in [-0.1, -0.05) is 43.7 Å². The number of nitrogens with zero attached hydrogens (tertiary/aromatic N) is 1. The summed E-state index contributed by atoms with van der Waals surface area (Å²) in [6, 6.07) is 13.8. The highest BCUT2D eigenvalue weighted by Crippen LogP contribution is 2.22. The molecule has 2 aromatic rings. The summed E-state index contributed by atoms with van der Waals surface area (Å²) in [4.78, 5) is 26.0. The second-order valence-corrected chi connectivity index (χ2v) is 7.04. The summed E-state index contributed by atoms with van der Waals surface area (Å²) >= 11 is 0. The number of hydrogen-bond acceptors (Lipinski definition) is 2. The van der Waals surface area contributed by atoms with E-state index in [4.69, 9.17) is 0 Å². The maximum atomic E-state index is 12.3. The van der Waals surface area contributed by atoms with Crippen molar-refractivity contribution in [3.8, 4) is 0 Å². The zero-order valence-corrected chi connectivity index (χ0v) is 16.3. The van der Waals surface area contributed by atoms with Gasteiger partial charge in [-0.25, -0.2) is 0 Å². The fraction of sp³-hybridized carbons (Fsp3) is 0.364. The highest BCUT2D eigenvalue weighted by molar-refractivity contribution is 5.95. The van der Waals surface area contributed by atoms with Gasteiger partial charge in [0.15, 0.2) is 0 Å². The Morgan fingerprint density at radius 3 is 2.23 bits per heavy atom. The zero-order chi connectivity index (χ0) is 19.3. The van der Waals surface area contributed by atoms with Gasteiger partial charge in [0.25, 0.3) is 0 Å². The smallest absolute Gasteiger partial charge is 0.226 e. The Kier molecular flexibility index (Phi) is 6.56. The third-order valence-electron chi connectivity index (χ3n) is 4.45. The first-order chi connectivity index (χ1) is 12.3. The molecule has 0 spiro atoms. The Morgan fingerprint density at radius 2 is 1.69 bits per heavy atom. The van der Waals surface area contributed by atoms with Gasteiger partial charge in [-0.15, -0.1) is 0 Å². The van der Waals surface area contributed by atoms with Crippen LogP contribution < -0.4 is 10.2 Å². The number of rotatable bonds is 6. The van der Waals surface area contributed by atoms with Crippen molar-refractivity contribution in [2.24, 2.45) is 0 Å². The van der Waals surface area contributed by atoms with E-state index in [2.05, 4.69) is 19.2 Å². The van der Waals surface area contributed by atoms with Gasteiger partial charge in [-0.2, -0.15) is 0 Å². The van der Waals surface area contributed by atoms with Crippen LogP contribution in [0.2, 0.25) is 0 Å². The van der Waals surface area contributed by atoms with Crippen molar-refractivity contribution in [3.63, 3.8) is 0 Å². The van der Waals surface area contributed by atoms with E-state index in [9.17, 15) is 9.59 Å². The quantitative estimate of drug-likeness (QED) is 0.811. The molecule has 0 aliphatic rings. The lowest BCUT2D eigenvalue weighted by Gasteiger charge is -2.23. The minimum absolute atomic E-state index is 0.0639. The van der Waals surface area contributed by atoms with Gasteiger partial charge in [0.1, 0.15) is 0 Å². The molecule has 0 heterocycles. The van der Waals surface area contributed by atoms with Crippen LogP contribution in [-0.2, 0) is 9.59 Å². The van der Waals surface area contributed by atoms with Crippen LogP contribution in [0.15, 0.2) is 42.5 Å². The SMILES string of the molecule is CC(=O)N(CCC(=O)Nc1ccc(C(C)C)cc1)c1ccc(C)cc1C. The zero-order valence-electron chi connectivity index (χ0n) is 16.3. The molecule has 0 aromatic heterocycles. The minimum Gasteiger partial charge on any atom is -0.326 e. The summed E-state index contributed by atoms with van der Waals surface area (Å²) in [6.07, 6.45) is 0.249. The molecular weight excluding hydrogens is 324 g/mol. The van der Waals surface area contributed by atoms with Gasteiger partial charge < -0.3 is 10.2 Å². The summed E-state index contributed by atoms with van der Waals surface area (Å²) < 4.78 is 0. The van der Waals surface area contributed by atoms with E-state index in [1.54, 1.807) is 4.90 Å². The van der Waals surface area contributed by atoms with Crippen molar-refractivity contribution in [2.75, 3.05) is 16.8 Å². The molecule has 0 aliphatic heterocycles. The molecule has 0 fully saturated rings. The molecule has 2 aromatic carbocycles. The van der Waals surface area contributed by atoms with Crippen molar-refractivity contribution >= 4 is 23.2 Å². The maximum Gasteiger partial charge on any atom is 0.226 e. The number of nitrogens with one attached hydrogen (secondary N) is 1. The number of carbonyl (C=O) groups is 2. The first-order valence-corrected chi connectivity index (χ1v) is 9.03. The standard InChI is InChI=1S/C22H28N2O2/c1-15(2)19-7-9-20(10-8-19)23-22(26)12-13-24(18(5)25)21-11-6-16(3)14-17(21)4/h6-11,14-15H,12-13H2,1-5H3,(H,23,26). The van der Waals surface area contributed by atoms with Crippen LogP contribution in [0.3, 0.4) is 0 Å². The number of carbonyl (C=O) groups excluding carboxylic acids is 2. The molecule has 138 valence electrons. The summed E-state index contributed by atoms with van der Waals surface area (Å²) in [6.45, 7) is 10.2. The highest BCUT2D eigenvalue weighted by atomic mass is 16.2. The largest absolute Gasteiger partial charge is 0.326 e. The number of anilines is 2. The van der Waals surface area contributed by atoms with Gasteiger partial charge in [0.05, 0.1) is 0 Å². The maximum absolute atomic E-state index is 12.3. The number of amides is 2. The van der Waals surface area contributed by atoms with Gasteiger partial charge in [-0.05, 0) is 49.1 Å². The van der Waals surface area contributed by atoms with Crippen molar-refractivity contribution in [1.82, 2.24) is 0 Å². The molecule has 26 heavy (non-hydrogen) atoms. The number of benzene rings is 2. The second kappa shape index (κ2) is 8.65. The van der Waals surface area contributed by atoms with E-state index in [0.717, 1.165) is 22.5 Å². The third kappa shape index (κ3) is 5.19. The van der Waals surface area contributed by atoms with Crippen LogP contribution >= 0.6 is 0 Å². The molecule has 1 N–H and O–H groups in total. The Bertz CT molecular complexity index is 779. The summed E-state index contributed by atoms with van der Waals surface area (Å²) in [5, 5.41) is 2.90. The Balaban J connectivity index is 2.00. The summed E-state index contributed by atoms with van der Waals surface area (Å²) in [5.74, 6) is 0.297. The van der Waals surface area contributed by atoms with E-state index >= 15 is 0 Å². The normalized spacial score (nSPS) is 10.7. The van der Waals surface area contributed by atoms with Gasteiger partial charge in [0.2, 0.25) is 11.8 Å². The molecule has 0 bridgehead atoms. The van der Waals surface area contributed by atoms with Crippen LogP contribution in [0.25, 0.3) is 0 Å². The highest BCUT2D eigenvalue weighted by Gasteiger charge is 2.15. The first-order valence-electron chi connectivity index (χ1n) is 9.03. The molecule has 4 heteroatoms. The lowest BCUT2D eigenvalue weighted by atomic mass is 10.0. The predicted molar refractivity (Wildman–Crippen MR) is 108 cm³/mol. The van der Waals surface area contributed by atoms with E-state index in [-0.39, 0.29) is 18.2 Å². The van der Waals surface area contributed by atoms with E-state index in [1.165, 1.54) is 12.5 Å². The molecule has 0 atom stereocenters. The molecule has 0 aliphatic carbocycles. The molecule has 0 radical (unpaired) electrons. The van der Waals surface area contributed by atoms with Gasteiger partial charge in [0, 0.05) is 31.3 Å². The van der Waals surface area contributed by atoms with Crippen molar-refractivity contribution < 1.29 is 9.59 Å². The molecule has 4 nitrogen and oxygen atoms in total. The third-order valence-corrected chi connectivity index (χ3v) is 4.45. The fourth-order valence-electron chi connectivity index (χ4n) is 2.94. The van der Waals surface area contributed by atoms with Crippen molar-refractivity contribution in [1.29, 1.82) is 0 Å². The average Bonchev–Trinajstić information content (AvgIpc) is 2.57. The monoisotopic (exact) mass is 352 g/mol. The van der Waals surface area contributed by atoms with Crippen LogP contribution in [-0.4, -0.2) is 18.4 Å². The molecule has 2 amide bonds. The Hall–Kier alpha value is -2.62. The Morgan fingerprint density at radius 1 is 1.04 bits per heavy atom. The van der Waals surface area contributed by atoms with Crippen molar-refractivity contribution in [3.05, 3.63) is 59.2 Å². The van der Waals surface area contributed by atoms with Crippen LogP contribution in [0.1, 0.15) is 49.8 Å². The topological polar surface area (TPSA) is 49.4 Å². The number of aryl methyl sites for hydroxylation is 2. The summed E-state index contributed by atoms with van der Waals surface area (Å²) in [5.41, 5.74) is 5.06. The average molecular weight is 352 g/mol. The fourth-order valence-corrected chi connectivity index (χ4v) is 2.94. The van der Waals surface area contributed by atoms with E-state index in [1.807, 2.05) is 56.3 Å². The van der Waals surface area contributed by atoms with Gasteiger partial charge in [-0.3, -0.25) is 9.59 Å². The second-order valence-electron chi connectivity index (χ2n) is 7.04. The lowest BCUT2D eigenvalue weighted by molar-refractivity contribution is -0.117. The first kappa shape index (κ1) is 19.7. The molecule has 0 unspecified atom stereocenters. The number of hydrogen-bond donors (Lipinski definition) is 1. The van der Waals surface area contributed by atoms with Crippen LogP contribution in [0.4, 0.5) is 11.4 Å². The molecular formula is C22H28N2O2. The Labute approximate surface area is 156 Å². The minimum atomic E-state index is -0.0988. The lowest BCUT2D eigenvalue weighted by Crippen LogP contribution is -2.32.